The Balaban J connectivity index is 1.73. The van der Waals surface area contributed by atoms with Gasteiger partial charge >= 0.3 is 0 Å². The first-order chi connectivity index (χ1) is 12.1. The lowest BCUT2D eigenvalue weighted by Crippen LogP contribution is -2.57. The third-order valence-electron chi connectivity index (χ3n) is 5.66. The Morgan fingerprint density at radius 1 is 1.28 bits per heavy atom. The first-order valence-corrected chi connectivity index (χ1v) is 9.26. The van der Waals surface area contributed by atoms with Gasteiger partial charge < -0.3 is 10.0 Å². The van der Waals surface area contributed by atoms with Gasteiger partial charge in [-0.3, -0.25) is 9.69 Å². The Morgan fingerprint density at radius 2 is 1.92 bits per heavy atom. The molecule has 1 aromatic rings. The molecule has 1 aromatic carbocycles. The van der Waals surface area contributed by atoms with Crippen LogP contribution in [0.2, 0.25) is 0 Å². The fourth-order valence-corrected chi connectivity index (χ4v) is 4.10. The molecule has 0 radical (unpaired) electrons. The maximum Gasteiger partial charge on any atom is 0.253 e. The van der Waals surface area contributed by atoms with Gasteiger partial charge in [0.1, 0.15) is 0 Å². The van der Waals surface area contributed by atoms with Crippen LogP contribution in [0.5, 0.6) is 0 Å². The first-order valence-electron chi connectivity index (χ1n) is 9.26. The average molecular weight is 341 g/mol. The Morgan fingerprint density at radius 3 is 2.48 bits per heavy atom. The summed E-state index contributed by atoms with van der Waals surface area (Å²) in [5.41, 5.74) is 1.20. The number of carbonyl (C=O) groups is 1. The highest BCUT2D eigenvalue weighted by Crippen LogP contribution is 2.30. The molecule has 1 saturated carbocycles. The second-order valence-corrected chi connectivity index (χ2v) is 7.44. The van der Waals surface area contributed by atoms with Crippen molar-refractivity contribution in [2.45, 2.75) is 44.2 Å². The number of likely N-dealkylation sites (tertiary alicyclic amines) is 1. The van der Waals surface area contributed by atoms with Crippen LogP contribution in [0.1, 0.15) is 48.0 Å². The highest BCUT2D eigenvalue weighted by molar-refractivity contribution is 5.94. The van der Waals surface area contributed by atoms with Gasteiger partial charge in [-0.1, -0.05) is 19.3 Å². The highest BCUT2D eigenvalue weighted by atomic mass is 16.3. The first kappa shape index (κ1) is 17.9. The molecule has 25 heavy (non-hydrogen) atoms. The second-order valence-electron chi connectivity index (χ2n) is 7.44. The summed E-state index contributed by atoms with van der Waals surface area (Å²) in [5.74, 6) is 0.542. The summed E-state index contributed by atoms with van der Waals surface area (Å²) < 4.78 is 0. The van der Waals surface area contributed by atoms with E-state index in [0.29, 0.717) is 30.1 Å². The SMILES string of the molecule is CN(C(=O)c1ccc(C#N)cc1)[C@H](CN1CC(O)C1)C1CCCCC1. The molecule has 1 amide bonds. The van der Waals surface area contributed by atoms with E-state index < -0.39 is 0 Å². The van der Waals surface area contributed by atoms with Crippen molar-refractivity contribution >= 4 is 5.91 Å². The lowest BCUT2D eigenvalue weighted by molar-refractivity contribution is -0.0191. The monoisotopic (exact) mass is 341 g/mol. The molecule has 1 aliphatic heterocycles. The average Bonchev–Trinajstić information content (AvgIpc) is 2.64. The Hall–Kier alpha value is -1.90. The summed E-state index contributed by atoms with van der Waals surface area (Å²) in [6, 6.07) is 9.14. The molecule has 0 bridgehead atoms. The van der Waals surface area contributed by atoms with E-state index in [4.69, 9.17) is 5.26 Å². The summed E-state index contributed by atoms with van der Waals surface area (Å²) in [5, 5.41) is 18.5. The molecule has 134 valence electrons. The van der Waals surface area contributed by atoms with E-state index >= 15 is 0 Å². The molecule has 2 aliphatic rings. The van der Waals surface area contributed by atoms with Crippen LogP contribution in [0.15, 0.2) is 24.3 Å². The van der Waals surface area contributed by atoms with Crippen LogP contribution in [0.3, 0.4) is 0 Å². The number of rotatable bonds is 5. The van der Waals surface area contributed by atoms with E-state index in [-0.39, 0.29) is 18.1 Å². The predicted octanol–water partition coefficient (Wildman–Crippen LogP) is 2.26. The summed E-state index contributed by atoms with van der Waals surface area (Å²) >= 11 is 0. The standard InChI is InChI=1S/C20H27N3O2/c1-22(20(25)17-9-7-15(11-21)8-10-17)19(14-23-12-18(24)13-23)16-5-3-2-4-6-16/h7-10,16,18-19,24H,2-6,12-14H2,1H3/t19-/m1/s1. The van der Waals surface area contributed by atoms with Crippen molar-refractivity contribution in [3.05, 3.63) is 35.4 Å². The van der Waals surface area contributed by atoms with Gasteiger partial charge in [0.05, 0.1) is 17.7 Å². The smallest absolute Gasteiger partial charge is 0.253 e. The van der Waals surface area contributed by atoms with Crippen LogP contribution >= 0.6 is 0 Å². The number of β-amino-alcohol motifs (C(OH)–C–C–N with tert-alkyl or cyclic N) is 1. The maximum atomic E-state index is 13.0. The number of nitrogens with zero attached hydrogens (tertiary/aromatic N) is 3. The quantitative estimate of drug-likeness (QED) is 0.892. The summed E-state index contributed by atoms with van der Waals surface area (Å²) in [6.45, 7) is 2.25. The number of benzene rings is 1. The third-order valence-corrected chi connectivity index (χ3v) is 5.66. The van der Waals surface area contributed by atoms with Crippen molar-refractivity contribution in [3.63, 3.8) is 0 Å². The zero-order valence-corrected chi connectivity index (χ0v) is 14.9. The lowest BCUT2D eigenvalue weighted by Gasteiger charge is -2.44. The number of aliphatic hydroxyl groups is 1. The van der Waals surface area contributed by atoms with E-state index in [1.165, 1.54) is 32.1 Å². The highest BCUT2D eigenvalue weighted by Gasteiger charge is 2.34. The number of hydrogen-bond acceptors (Lipinski definition) is 4. The van der Waals surface area contributed by atoms with E-state index in [1.54, 1.807) is 24.3 Å². The Labute approximate surface area is 149 Å². The molecular weight excluding hydrogens is 314 g/mol. The maximum absolute atomic E-state index is 13.0. The van der Waals surface area contributed by atoms with Gasteiger partial charge in [0.2, 0.25) is 0 Å². The molecule has 5 nitrogen and oxygen atoms in total. The van der Waals surface area contributed by atoms with Gasteiger partial charge in [0.25, 0.3) is 5.91 Å². The second kappa shape index (κ2) is 7.99. The molecule has 0 spiro atoms. The minimum atomic E-state index is -0.216. The van der Waals surface area contributed by atoms with E-state index in [0.717, 1.165) is 6.54 Å². The van der Waals surface area contributed by atoms with Crippen LogP contribution in [-0.2, 0) is 0 Å². The third kappa shape index (κ3) is 4.20. The zero-order valence-electron chi connectivity index (χ0n) is 14.9. The molecule has 1 aliphatic carbocycles. The van der Waals surface area contributed by atoms with E-state index in [2.05, 4.69) is 11.0 Å². The number of amides is 1. The van der Waals surface area contributed by atoms with Gasteiger partial charge in [0, 0.05) is 38.3 Å². The topological polar surface area (TPSA) is 67.6 Å². The van der Waals surface area contributed by atoms with Crippen molar-refractivity contribution in [3.8, 4) is 6.07 Å². The molecule has 0 unspecified atom stereocenters. The van der Waals surface area contributed by atoms with Crippen LogP contribution in [0, 0.1) is 17.2 Å². The van der Waals surface area contributed by atoms with Crippen LogP contribution in [0.4, 0.5) is 0 Å². The number of nitriles is 1. The minimum absolute atomic E-state index is 0.0149. The van der Waals surface area contributed by atoms with Crippen molar-refractivity contribution in [2.75, 3.05) is 26.7 Å². The molecule has 2 fully saturated rings. The number of carbonyl (C=O) groups excluding carboxylic acids is 1. The van der Waals surface area contributed by atoms with Crippen molar-refractivity contribution in [2.24, 2.45) is 5.92 Å². The molecule has 1 atom stereocenters. The molecule has 1 N–H and O–H groups in total. The lowest BCUT2D eigenvalue weighted by atomic mass is 9.82. The summed E-state index contributed by atoms with van der Waals surface area (Å²) in [4.78, 5) is 17.1. The number of aliphatic hydroxyl groups excluding tert-OH is 1. The molecule has 1 saturated heterocycles. The van der Waals surface area contributed by atoms with Gasteiger partial charge in [-0.2, -0.15) is 5.26 Å². The van der Waals surface area contributed by atoms with Crippen molar-refractivity contribution < 1.29 is 9.90 Å². The van der Waals surface area contributed by atoms with Gasteiger partial charge in [0.15, 0.2) is 0 Å². The van der Waals surface area contributed by atoms with E-state index in [1.807, 2.05) is 11.9 Å². The van der Waals surface area contributed by atoms with Crippen molar-refractivity contribution in [1.29, 1.82) is 5.26 Å². The molecule has 3 rings (SSSR count). The molecule has 1 heterocycles. The fourth-order valence-electron chi connectivity index (χ4n) is 4.10. The minimum Gasteiger partial charge on any atom is -0.390 e. The fraction of sp³-hybridized carbons (Fsp3) is 0.600. The molecular formula is C20H27N3O2. The van der Waals surface area contributed by atoms with Crippen molar-refractivity contribution in [1.82, 2.24) is 9.80 Å². The Kier molecular flexibility index (Phi) is 5.72. The summed E-state index contributed by atoms with van der Waals surface area (Å²) in [6.07, 6.45) is 5.90. The Bertz CT molecular complexity index is 625. The van der Waals surface area contributed by atoms with Gasteiger partial charge in [-0.25, -0.2) is 0 Å². The zero-order chi connectivity index (χ0) is 17.8. The number of likely N-dealkylation sites (N-methyl/N-ethyl adjacent to an activating group) is 1. The summed E-state index contributed by atoms with van der Waals surface area (Å²) in [7, 11) is 1.90. The van der Waals surface area contributed by atoms with Gasteiger partial charge in [-0.05, 0) is 43.0 Å². The molecule has 5 heteroatoms. The predicted molar refractivity (Wildman–Crippen MR) is 96.1 cm³/mol. The van der Waals surface area contributed by atoms with Crippen LogP contribution < -0.4 is 0 Å². The van der Waals surface area contributed by atoms with Gasteiger partial charge in [-0.15, -0.1) is 0 Å². The van der Waals surface area contributed by atoms with Crippen LogP contribution in [-0.4, -0.2) is 59.6 Å². The molecule has 0 aromatic heterocycles. The van der Waals surface area contributed by atoms with Crippen LogP contribution in [0.25, 0.3) is 0 Å². The van der Waals surface area contributed by atoms with E-state index in [9.17, 15) is 9.90 Å². The normalized spacial score (nSPS) is 20.5. The number of hydrogen-bond donors (Lipinski definition) is 1. The largest absolute Gasteiger partial charge is 0.390 e.